The fourth-order valence-corrected chi connectivity index (χ4v) is 4.85. The number of halogens is 1. The first-order valence-electron chi connectivity index (χ1n) is 9.05. The van der Waals surface area contributed by atoms with Gasteiger partial charge >= 0.3 is 5.97 Å². The van der Waals surface area contributed by atoms with E-state index in [1.54, 1.807) is 18.2 Å². The first kappa shape index (κ1) is 22.4. The Hall–Kier alpha value is -2.27. The van der Waals surface area contributed by atoms with Crippen LogP contribution in [0.15, 0.2) is 51.8 Å². The summed E-state index contributed by atoms with van der Waals surface area (Å²) in [4.78, 5) is 24.7. The number of sulfonamides is 1. The summed E-state index contributed by atoms with van der Waals surface area (Å²) >= 11 is 3.30. The maximum Gasteiger partial charge on any atom is 0.338 e. The van der Waals surface area contributed by atoms with Gasteiger partial charge in [0.25, 0.3) is 0 Å². The predicted octanol–water partition coefficient (Wildman–Crippen LogP) is 2.52. The Balaban J connectivity index is 1.68. The molecule has 3 rings (SSSR count). The molecule has 0 unspecified atom stereocenters. The van der Waals surface area contributed by atoms with Gasteiger partial charge in [-0.15, -0.1) is 0 Å². The molecule has 160 valence electrons. The minimum absolute atomic E-state index is 0.00994. The van der Waals surface area contributed by atoms with Crippen LogP contribution in [0.4, 0.5) is 0 Å². The zero-order valence-electron chi connectivity index (χ0n) is 16.2. The molecular formula is C20H20BrNO7S. The van der Waals surface area contributed by atoms with Gasteiger partial charge in [0.15, 0.2) is 12.4 Å². The lowest BCUT2D eigenvalue weighted by Crippen LogP contribution is -2.40. The van der Waals surface area contributed by atoms with Crippen LogP contribution in [-0.4, -0.2) is 64.5 Å². The Morgan fingerprint density at radius 1 is 1.10 bits per heavy atom. The maximum absolute atomic E-state index is 12.7. The second kappa shape index (κ2) is 9.69. The number of Topliss-reactive ketones (excluding diaryl/α,β-unsaturated/α-hetero) is 1. The van der Waals surface area contributed by atoms with Crippen molar-refractivity contribution in [1.29, 1.82) is 0 Å². The van der Waals surface area contributed by atoms with E-state index in [0.29, 0.717) is 29.0 Å². The number of morpholine rings is 1. The minimum Gasteiger partial charge on any atom is -0.496 e. The highest BCUT2D eigenvalue weighted by molar-refractivity contribution is 9.10. The first-order chi connectivity index (χ1) is 14.3. The van der Waals surface area contributed by atoms with Crippen LogP contribution >= 0.6 is 15.9 Å². The summed E-state index contributed by atoms with van der Waals surface area (Å²) in [5.41, 5.74) is 0.396. The van der Waals surface area contributed by atoms with Crippen molar-refractivity contribution in [2.75, 3.05) is 40.0 Å². The van der Waals surface area contributed by atoms with Crippen molar-refractivity contribution in [3.05, 3.63) is 58.1 Å². The summed E-state index contributed by atoms with van der Waals surface area (Å²) in [6, 6.07) is 10.3. The molecule has 30 heavy (non-hydrogen) atoms. The Bertz CT molecular complexity index is 1050. The van der Waals surface area contributed by atoms with Gasteiger partial charge in [-0.2, -0.15) is 4.31 Å². The Kier molecular flexibility index (Phi) is 7.24. The molecule has 1 heterocycles. The molecule has 0 radical (unpaired) electrons. The number of hydrogen-bond acceptors (Lipinski definition) is 7. The molecule has 8 nitrogen and oxygen atoms in total. The number of ether oxygens (including phenoxy) is 3. The third-order valence-electron chi connectivity index (χ3n) is 4.49. The van der Waals surface area contributed by atoms with Crippen LogP contribution < -0.4 is 4.74 Å². The van der Waals surface area contributed by atoms with Crippen molar-refractivity contribution >= 4 is 37.7 Å². The van der Waals surface area contributed by atoms with Gasteiger partial charge in [-0.1, -0.05) is 6.07 Å². The maximum atomic E-state index is 12.7. The molecule has 1 aliphatic rings. The summed E-state index contributed by atoms with van der Waals surface area (Å²) in [6.45, 7) is 0.680. The van der Waals surface area contributed by atoms with E-state index < -0.39 is 28.4 Å². The number of carbonyl (C=O) groups excluding carboxylic acids is 2. The normalized spacial score (nSPS) is 14.9. The first-order valence-corrected chi connectivity index (χ1v) is 11.3. The molecule has 0 saturated carbocycles. The average molecular weight is 498 g/mol. The van der Waals surface area contributed by atoms with E-state index in [0.717, 1.165) is 0 Å². The van der Waals surface area contributed by atoms with E-state index in [1.807, 2.05) is 0 Å². The number of carbonyl (C=O) groups is 2. The summed E-state index contributed by atoms with van der Waals surface area (Å²) in [6.07, 6.45) is 0. The van der Waals surface area contributed by atoms with Crippen LogP contribution in [0.2, 0.25) is 0 Å². The molecule has 0 aliphatic carbocycles. The quantitative estimate of drug-likeness (QED) is 0.427. The van der Waals surface area contributed by atoms with Gasteiger partial charge in [0.2, 0.25) is 10.0 Å². The van der Waals surface area contributed by atoms with Gasteiger partial charge in [-0.3, -0.25) is 4.79 Å². The monoisotopic (exact) mass is 497 g/mol. The molecule has 2 aromatic rings. The third kappa shape index (κ3) is 5.07. The highest BCUT2D eigenvalue weighted by atomic mass is 79.9. The van der Waals surface area contributed by atoms with Crippen LogP contribution in [0.25, 0.3) is 0 Å². The molecule has 10 heteroatoms. The number of nitrogens with zero attached hydrogens (tertiary/aromatic N) is 1. The van der Waals surface area contributed by atoms with Gasteiger partial charge in [0, 0.05) is 18.7 Å². The Morgan fingerprint density at radius 3 is 2.50 bits per heavy atom. The van der Waals surface area contributed by atoms with Crippen LogP contribution in [0.1, 0.15) is 20.7 Å². The molecule has 1 saturated heterocycles. The van der Waals surface area contributed by atoms with Gasteiger partial charge < -0.3 is 14.2 Å². The van der Waals surface area contributed by atoms with Crippen LogP contribution in [0.5, 0.6) is 5.75 Å². The fourth-order valence-electron chi connectivity index (χ4n) is 2.86. The second-order valence-corrected chi connectivity index (χ2v) is 9.19. The predicted molar refractivity (Wildman–Crippen MR) is 111 cm³/mol. The van der Waals surface area contributed by atoms with E-state index in [-0.39, 0.29) is 23.5 Å². The standard InChI is InChI=1S/C20H20BrNO7S/c1-27-19-6-5-14(12-17(19)21)18(23)13-29-20(24)15-3-2-4-16(11-15)30(25,26)22-7-9-28-10-8-22/h2-6,11-12H,7-10,13H2,1H3. The zero-order chi connectivity index (χ0) is 21.7. The van der Waals surface area contributed by atoms with Crippen LogP contribution in [-0.2, 0) is 19.5 Å². The number of rotatable bonds is 7. The number of esters is 1. The SMILES string of the molecule is COc1ccc(C(=O)COC(=O)c2cccc(S(=O)(=O)N3CCOCC3)c2)cc1Br. The topological polar surface area (TPSA) is 99.2 Å². The van der Waals surface area contributed by atoms with E-state index in [2.05, 4.69) is 15.9 Å². The minimum atomic E-state index is -3.74. The Labute approximate surface area is 182 Å². The van der Waals surface area contributed by atoms with Crippen LogP contribution in [0, 0.1) is 0 Å². The van der Waals surface area contributed by atoms with Crippen molar-refractivity contribution in [2.45, 2.75) is 4.90 Å². The molecule has 2 aromatic carbocycles. The molecular weight excluding hydrogens is 478 g/mol. The lowest BCUT2D eigenvalue weighted by atomic mass is 10.1. The molecule has 0 spiro atoms. The number of hydrogen-bond donors (Lipinski definition) is 0. The average Bonchev–Trinajstić information content (AvgIpc) is 2.77. The summed E-state index contributed by atoms with van der Waals surface area (Å²) < 4.78 is 42.8. The largest absolute Gasteiger partial charge is 0.496 e. The van der Waals surface area contributed by atoms with Crippen molar-refractivity contribution in [2.24, 2.45) is 0 Å². The van der Waals surface area contributed by atoms with Crippen molar-refractivity contribution in [1.82, 2.24) is 4.31 Å². The second-order valence-electron chi connectivity index (χ2n) is 6.39. The molecule has 1 fully saturated rings. The van der Waals surface area contributed by atoms with Gasteiger partial charge in [0.05, 0.1) is 35.3 Å². The number of benzene rings is 2. The lowest BCUT2D eigenvalue weighted by Gasteiger charge is -2.26. The summed E-state index contributed by atoms with van der Waals surface area (Å²) in [5, 5.41) is 0. The van der Waals surface area contributed by atoms with Gasteiger partial charge in [0.1, 0.15) is 5.75 Å². The van der Waals surface area contributed by atoms with Crippen LogP contribution in [0.3, 0.4) is 0 Å². The summed E-state index contributed by atoms with van der Waals surface area (Å²) in [7, 11) is -2.23. The highest BCUT2D eigenvalue weighted by Crippen LogP contribution is 2.26. The third-order valence-corrected chi connectivity index (χ3v) is 7.00. The van der Waals surface area contributed by atoms with E-state index in [4.69, 9.17) is 14.2 Å². The van der Waals surface area contributed by atoms with Crippen molar-refractivity contribution in [3.8, 4) is 5.75 Å². The molecule has 0 atom stereocenters. The molecule has 0 amide bonds. The lowest BCUT2D eigenvalue weighted by molar-refractivity contribution is 0.0474. The fraction of sp³-hybridized carbons (Fsp3) is 0.300. The number of ketones is 1. The summed E-state index contributed by atoms with van der Waals surface area (Å²) in [5.74, 6) is -0.611. The molecule has 0 aromatic heterocycles. The van der Waals surface area contributed by atoms with Crippen molar-refractivity contribution < 1.29 is 32.2 Å². The zero-order valence-corrected chi connectivity index (χ0v) is 18.6. The van der Waals surface area contributed by atoms with Crippen molar-refractivity contribution in [3.63, 3.8) is 0 Å². The molecule has 0 bridgehead atoms. The van der Waals surface area contributed by atoms with E-state index in [1.165, 1.54) is 35.7 Å². The number of methoxy groups -OCH3 is 1. The van der Waals surface area contributed by atoms with E-state index >= 15 is 0 Å². The smallest absolute Gasteiger partial charge is 0.338 e. The van der Waals surface area contributed by atoms with E-state index in [9.17, 15) is 18.0 Å². The molecule has 1 aliphatic heterocycles. The highest BCUT2D eigenvalue weighted by Gasteiger charge is 2.27. The van der Waals surface area contributed by atoms with Gasteiger partial charge in [-0.05, 0) is 52.3 Å². The van der Waals surface area contributed by atoms with Gasteiger partial charge in [-0.25, -0.2) is 13.2 Å². The molecule has 0 N–H and O–H groups in total. The Morgan fingerprint density at radius 2 is 1.83 bits per heavy atom.